The first-order valence-corrected chi connectivity index (χ1v) is 5.08. The summed E-state index contributed by atoms with van der Waals surface area (Å²) in [6, 6.07) is 6.93. The number of ether oxygens (including phenoxy) is 1. The summed E-state index contributed by atoms with van der Waals surface area (Å²) in [6.45, 7) is 8.90. The van der Waals surface area contributed by atoms with Gasteiger partial charge in [0, 0.05) is 11.6 Å². The average Bonchev–Trinajstić information content (AvgIpc) is 2.36. The Morgan fingerprint density at radius 3 is 2.76 bits per heavy atom. The highest BCUT2D eigenvalue weighted by Crippen LogP contribution is 2.11. The summed E-state index contributed by atoms with van der Waals surface area (Å²) in [5.41, 5.74) is 1.38. The molecule has 0 saturated heterocycles. The molecule has 1 aromatic carbocycles. The van der Waals surface area contributed by atoms with E-state index >= 15 is 0 Å². The van der Waals surface area contributed by atoms with E-state index in [2.05, 4.69) is 16.7 Å². The SMILES string of the molecule is [C-]#[N+]c1ccc(C#CC=CC(=O)OCC)cc1. The van der Waals surface area contributed by atoms with Gasteiger partial charge in [-0.2, -0.15) is 0 Å². The molecule has 84 valence electrons. The molecule has 0 aliphatic rings. The summed E-state index contributed by atoms with van der Waals surface area (Å²) in [6.07, 6.45) is 2.73. The Morgan fingerprint density at radius 1 is 1.47 bits per heavy atom. The van der Waals surface area contributed by atoms with Crippen molar-refractivity contribution in [1.82, 2.24) is 0 Å². The Kier molecular flexibility index (Phi) is 5.07. The van der Waals surface area contributed by atoms with Crippen molar-refractivity contribution in [2.75, 3.05) is 6.61 Å². The maximum atomic E-state index is 10.9. The van der Waals surface area contributed by atoms with Crippen LogP contribution in [0.5, 0.6) is 0 Å². The summed E-state index contributed by atoms with van der Waals surface area (Å²) in [5.74, 6) is 5.17. The van der Waals surface area contributed by atoms with Gasteiger partial charge in [-0.25, -0.2) is 9.64 Å². The molecule has 0 unspecified atom stereocenters. The molecule has 0 aliphatic heterocycles. The fraction of sp³-hybridized carbons (Fsp3) is 0.143. The maximum absolute atomic E-state index is 10.9. The van der Waals surface area contributed by atoms with Crippen molar-refractivity contribution < 1.29 is 9.53 Å². The lowest BCUT2D eigenvalue weighted by Gasteiger charge is -1.92. The van der Waals surface area contributed by atoms with Crippen LogP contribution in [0.25, 0.3) is 4.85 Å². The second-order valence-electron chi connectivity index (χ2n) is 3.01. The van der Waals surface area contributed by atoms with Gasteiger partial charge in [-0.15, -0.1) is 0 Å². The van der Waals surface area contributed by atoms with Crippen LogP contribution in [0.15, 0.2) is 36.4 Å². The summed E-state index contributed by atoms with van der Waals surface area (Å²) >= 11 is 0. The normalized spacial score (nSPS) is 9.18. The van der Waals surface area contributed by atoms with E-state index in [1.54, 1.807) is 31.2 Å². The van der Waals surface area contributed by atoms with E-state index in [4.69, 9.17) is 11.3 Å². The number of benzene rings is 1. The van der Waals surface area contributed by atoms with Gasteiger partial charge >= 0.3 is 5.97 Å². The molecule has 1 rings (SSSR count). The first kappa shape index (κ1) is 12.5. The predicted molar refractivity (Wildman–Crippen MR) is 65.4 cm³/mol. The molecule has 3 heteroatoms. The summed E-state index contributed by atoms with van der Waals surface area (Å²) in [5, 5.41) is 0. The third-order valence-corrected chi connectivity index (χ3v) is 1.80. The van der Waals surface area contributed by atoms with Gasteiger partial charge in [0.1, 0.15) is 0 Å². The first-order valence-electron chi connectivity index (χ1n) is 5.08. The Hall–Kier alpha value is -2.52. The molecule has 1 aromatic rings. The van der Waals surface area contributed by atoms with Gasteiger partial charge in [0.25, 0.3) is 0 Å². The van der Waals surface area contributed by atoms with Crippen molar-refractivity contribution in [2.45, 2.75) is 6.92 Å². The smallest absolute Gasteiger partial charge is 0.331 e. The lowest BCUT2D eigenvalue weighted by molar-refractivity contribution is -0.137. The maximum Gasteiger partial charge on any atom is 0.331 e. The first-order chi connectivity index (χ1) is 8.26. The van der Waals surface area contributed by atoms with E-state index in [0.29, 0.717) is 12.3 Å². The van der Waals surface area contributed by atoms with E-state index in [1.807, 2.05) is 0 Å². The minimum absolute atomic E-state index is 0.356. The summed E-state index contributed by atoms with van der Waals surface area (Å²) in [7, 11) is 0. The fourth-order valence-electron chi connectivity index (χ4n) is 1.04. The fourth-order valence-corrected chi connectivity index (χ4v) is 1.04. The zero-order chi connectivity index (χ0) is 12.5. The van der Waals surface area contributed by atoms with Crippen molar-refractivity contribution >= 4 is 11.7 Å². The van der Waals surface area contributed by atoms with Gasteiger partial charge in [-0.05, 0) is 13.0 Å². The molecule has 0 N–H and O–H groups in total. The molecule has 0 heterocycles. The molecule has 3 nitrogen and oxygen atoms in total. The van der Waals surface area contributed by atoms with Gasteiger partial charge in [0.2, 0.25) is 0 Å². The van der Waals surface area contributed by atoms with E-state index < -0.39 is 5.97 Å². The van der Waals surface area contributed by atoms with Crippen molar-refractivity contribution in [3.63, 3.8) is 0 Å². The average molecular weight is 225 g/mol. The molecule has 0 radical (unpaired) electrons. The topological polar surface area (TPSA) is 30.7 Å². The molecule has 0 aliphatic carbocycles. The highest BCUT2D eigenvalue weighted by atomic mass is 16.5. The molecule has 0 spiro atoms. The Labute approximate surface area is 101 Å². The lowest BCUT2D eigenvalue weighted by atomic mass is 10.2. The highest BCUT2D eigenvalue weighted by Gasteiger charge is 1.91. The highest BCUT2D eigenvalue weighted by molar-refractivity contribution is 5.82. The van der Waals surface area contributed by atoms with E-state index in [-0.39, 0.29) is 0 Å². The van der Waals surface area contributed by atoms with E-state index in [9.17, 15) is 4.79 Å². The summed E-state index contributed by atoms with van der Waals surface area (Å²) in [4.78, 5) is 14.2. The summed E-state index contributed by atoms with van der Waals surface area (Å²) < 4.78 is 4.70. The minimum atomic E-state index is -0.398. The van der Waals surface area contributed by atoms with E-state index in [1.165, 1.54) is 12.2 Å². The molecule has 17 heavy (non-hydrogen) atoms. The Morgan fingerprint density at radius 2 is 2.18 bits per heavy atom. The Bertz CT molecular complexity index is 510. The van der Waals surface area contributed by atoms with Gasteiger partial charge in [-0.3, -0.25) is 0 Å². The predicted octanol–water partition coefficient (Wildman–Crippen LogP) is 2.71. The largest absolute Gasteiger partial charge is 0.463 e. The third-order valence-electron chi connectivity index (χ3n) is 1.80. The van der Waals surface area contributed by atoms with Gasteiger partial charge < -0.3 is 4.74 Å². The number of nitrogens with zero attached hydrogens (tertiary/aromatic N) is 1. The second kappa shape index (κ2) is 6.87. The molecule has 0 aromatic heterocycles. The zero-order valence-corrected chi connectivity index (χ0v) is 9.43. The van der Waals surface area contributed by atoms with Crippen molar-refractivity contribution in [1.29, 1.82) is 0 Å². The second-order valence-corrected chi connectivity index (χ2v) is 3.01. The van der Waals surface area contributed by atoms with E-state index in [0.717, 1.165) is 5.56 Å². The van der Waals surface area contributed by atoms with Crippen molar-refractivity contribution in [3.05, 3.63) is 53.4 Å². The van der Waals surface area contributed by atoms with Crippen LogP contribution in [0.2, 0.25) is 0 Å². The molecule has 0 amide bonds. The minimum Gasteiger partial charge on any atom is -0.463 e. The van der Waals surface area contributed by atoms with Gasteiger partial charge in [0.15, 0.2) is 5.69 Å². The number of carbonyl (C=O) groups is 1. The molecule has 0 bridgehead atoms. The van der Waals surface area contributed by atoms with Crippen LogP contribution in [-0.4, -0.2) is 12.6 Å². The van der Waals surface area contributed by atoms with Crippen LogP contribution in [0.1, 0.15) is 12.5 Å². The molecular weight excluding hydrogens is 214 g/mol. The number of hydrogen-bond acceptors (Lipinski definition) is 2. The molecule has 0 saturated carbocycles. The molecule has 0 atom stereocenters. The molecular formula is C14H11NO2. The van der Waals surface area contributed by atoms with Gasteiger partial charge in [0.05, 0.1) is 13.2 Å². The Balaban J connectivity index is 2.60. The monoisotopic (exact) mass is 225 g/mol. The number of rotatable bonds is 2. The van der Waals surface area contributed by atoms with Crippen LogP contribution in [0, 0.1) is 18.4 Å². The van der Waals surface area contributed by atoms with Crippen LogP contribution in [-0.2, 0) is 9.53 Å². The van der Waals surface area contributed by atoms with Crippen molar-refractivity contribution in [3.8, 4) is 11.8 Å². The van der Waals surface area contributed by atoms with Crippen LogP contribution in [0.3, 0.4) is 0 Å². The zero-order valence-electron chi connectivity index (χ0n) is 9.43. The van der Waals surface area contributed by atoms with Crippen molar-refractivity contribution in [2.24, 2.45) is 0 Å². The quantitative estimate of drug-likeness (QED) is 0.335. The number of esters is 1. The van der Waals surface area contributed by atoms with Crippen LogP contribution < -0.4 is 0 Å². The standard InChI is InChI=1S/C14H11NO2/c1-3-17-14(16)7-5-4-6-12-8-10-13(15-2)11-9-12/h5,7-11H,3H2,1H3. The van der Waals surface area contributed by atoms with Gasteiger partial charge in [-0.1, -0.05) is 36.1 Å². The third kappa shape index (κ3) is 4.68. The lowest BCUT2D eigenvalue weighted by Crippen LogP contribution is -1.98. The number of carbonyl (C=O) groups excluding carboxylic acids is 1. The number of allylic oxidation sites excluding steroid dienone is 1. The van der Waals surface area contributed by atoms with Crippen LogP contribution in [0.4, 0.5) is 5.69 Å². The molecule has 0 fully saturated rings. The number of hydrogen-bond donors (Lipinski definition) is 0. The van der Waals surface area contributed by atoms with Crippen LogP contribution >= 0.6 is 0 Å².